The predicted octanol–water partition coefficient (Wildman–Crippen LogP) is 2.87. The lowest BCUT2D eigenvalue weighted by molar-refractivity contribution is 0.249. The van der Waals surface area contributed by atoms with Crippen molar-refractivity contribution in [2.45, 2.75) is 38.3 Å². The van der Waals surface area contributed by atoms with Gasteiger partial charge in [-0.1, -0.05) is 22.0 Å². The van der Waals surface area contributed by atoms with Crippen molar-refractivity contribution in [3.05, 3.63) is 28.2 Å². The number of halogens is 1. The van der Waals surface area contributed by atoms with E-state index in [1.807, 2.05) is 6.92 Å². The lowest BCUT2D eigenvalue weighted by Gasteiger charge is -2.36. The van der Waals surface area contributed by atoms with E-state index in [1.54, 1.807) is 0 Å². The molecule has 3 nitrogen and oxygen atoms in total. The van der Waals surface area contributed by atoms with Crippen molar-refractivity contribution in [2.24, 2.45) is 5.73 Å². The molecule has 1 atom stereocenters. The summed E-state index contributed by atoms with van der Waals surface area (Å²) in [5, 5.41) is 0. The van der Waals surface area contributed by atoms with Crippen molar-refractivity contribution in [2.75, 3.05) is 32.1 Å². The van der Waals surface area contributed by atoms with Crippen molar-refractivity contribution in [3.63, 3.8) is 0 Å². The Morgan fingerprint density at radius 2 is 2.00 bits per heavy atom. The second kappa shape index (κ2) is 6.92. The molecule has 20 heavy (non-hydrogen) atoms. The normalized spacial score (nSPS) is 18.6. The minimum atomic E-state index is 0.202. The quantitative estimate of drug-likeness (QED) is 0.915. The highest BCUT2D eigenvalue weighted by molar-refractivity contribution is 9.10. The molecule has 0 amide bonds. The first-order valence-electron chi connectivity index (χ1n) is 7.42. The molecule has 1 heterocycles. The van der Waals surface area contributed by atoms with Crippen LogP contribution in [0.4, 0.5) is 5.69 Å². The van der Waals surface area contributed by atoms with Crippen LogP contribution in [-0.4, -0.2) is 44.2 Å². The van der Waals surface area contributed by atoms with E-state index in [2.05, 4.69) is 58.0 Å². The van der Waals surface area contributed by atoms with Crippen LogP contribution in [-0.2, 0) is 6.42 Å². The Hall–Kier alpha value is -0.580. The summed E-state index contributed by atoms with van der Waals surface area (Å²) in [6.45, 7) is 4.33. The Morgan fingerprint density at radius 1 is 1.35 bits per heavy atom. The summed E-state index contributed by atoms with van der Waals surface area (Å²) in [6, 6.07) is 7.62. The Balaban J connectivity index is 2.02. The third-order valence-electron chi connectivity index (χ3n) is 4.14. The first-order valence-corrected chi connectivity index (χ1v) is 8.22. The molecule has 1 fully saturated rings. The highest BCUT2D eigenvalue weighted by atomic mass is 79.9. The van der Waals surface area contributed by atoms with Crippen molar-refractivity contribution in [1.29, 1.82) is 0 Å². The third kappa shape index (κ3) is 3.96. The van der Waals surface area contributed by atoms with Gasteiger partial charge in [0, 0.05) is 35.3 Å². The molecular weight excluding hydrogens is 314 g/mol. The second-order valence-corrected chi connectivity index (χ2v) is 6.99. The SMILES string of the molecule is CC(N)Cc1ccc(N2CCC(N(C)C)CC2)cc1Br. The van der Waals surface area contributed by atoms with Crippen LogP contribution in [0.2, 0.25) is 0 Å². The number of benzene rings is 1. The summed E-state index contributed by atoms with van der Waals surface area (Å²) in [6.07, 6.45) is 3.40. The molecule has 0 radical (unpaired) electrons. The molecular formula is C16H26BrN3. The molecule has 1 aliphatic rings. The average molecular weight is 340 g/mol. The van der Waals surface area contributed by atoms with Crippen LogP contribution in [0.25, 0.3) is 0 Å². The monoisotopic (exact) mass is 339 g/mol. The molecule has 1 aromatic rings. The van der Waals surface area contributed by atoms with Gasteiger partial charge in [0.25, 0.3) is 0 Å². The summed E-state index contributed by atoms with van der Waals surface area (Å²) in [5.74, 6) is 0. The summed E-state index contributed by atoms with van der Waals surface area (Å²) in [4.78, 5) is 4.83. The first kappa shape index (κ1) is 15.8. The highest BCUT2D eigenvalue weighted by Gasteiger charge is 2.21. The Kier molecular flexibility index (Phi) is 5.47. The van der Waals surface area contributed by atoms with Gasteiger partial charge in [-0.05, 0) is 58.0 Å². The molecule has 1 aliphatic heterocycles. The molecule has 0 saturated carbocycles. The maximum Gasteiger partial charge on any atom is 0.0377 e. The standard InChI is InChI=1S/C16H26BrN3/c1-12(18)10-13-4-5-15(11-16(13)17)20-8-6-14(7-9-20)19(2)3/h4-5,11-12,14H,6-10,18H2,1-3H3. The summed E-state index contributed by atoms with van der Waals surface area (Å²) in [5.41, 5.74) is 8.50. The van der Waals surface area contributed by atoms with E-state index < -0.39 is 0 Å². The number of rotatable bonds is 4. The molecule has 1 aromatic carbocycles. The average Bonchev–Trinajstić information content (AvgIpc) is 2.41. The van der Waals surface area contributed by atoms with E-state index in [-0.39, 0.29) is 6.04 Å². The molecule has 4 heteroatoms. The van der Waals surface area contributed by atoms with Crippen LogP contribution in [0.15, 0.2) is 22.7 Å². The first-order chi connectivity index (χ1) is 9.47. The fourth-order valence-electron chi connectivity index (χ4n) is 2.89. The lowest BCUT2D eigenvalue weighted by Crippen LogP contribution is -2.42. The Bertz CT molecular complexity index is 437. The maximum atomic E-state index is 5.88. The molecule has 0 bridgehead atoms. The van der Waals surface area contributed by atoms with Gasteiger partial charge in [-0.25, -0.2) is 0 Å². The van der Waals surface area contributed by atoms with Crippen LogP contribution in [0.5, 0.6) is 0 Å². The molecule has 1 saturated heterocycles. The number of nitrogens with two attached hydrogens (primary N) is 1. The van der Waals surface area contributed by atoms with Gasteiger partial charge in [-0.2, -0.15) is 0 Å². The number of nitrogens with zero attached hydrogens (tertiary/aromatic N) is 2. The van der Waals surface area contributed by atoms with Crippen LogP contribution >= 0.6 is 15.9 Å². The van der Waals surface area contributed by atoms with Gasteiger partial charge >= 0.3 is 0 Å². The van der Waals surface area contributed by atoms with Gasteiger partial charge in [0.2, 0.25) is 0 Å². The predicted molar refractivity (Wildman–Crippen MR) is 90.4 cm³/mol. The van der Waals surface area contributed by atoms with Gasteiger partial charge in [0.15, 0.2) is 0 Å². The molecule has 0 aliphatic carbocycles. The van der Waals surface area contributed by atoms with E-state index in [4.69, 9.17) is 5.73 Å². The second-order valence-electron chi connectivity index (χ2n) is 6.14. The van der Waals surface area contributed by atoms with Crippen LogP contribution in [0.1, 0.15) is 25.3 Å². The number of hydrogen-bond donors (Lipinski definition) is 1. The molecule has 1 unspecified atom stereocenters. The van der Waals surface area contributed by atoms with E-state index in [0.717, 1.165) is 25.6 Å². The number of anilines is 1. The van der Waals surface area contributed by atoms with Gasteiger partial charge in [0.1, 0.15) is 0 Å². The summed E-state index contributed by atoms with van der Waals surface area (Å²) >= 11 is 3.69. The third-order valence-corrected chi connectivity index (χ3v) is 4.88. The van der Waals surface area contributed by atoms with Crippen molar-refractivity contribution in [1.82, 2.24) is 4.90 Å². The maximum absolute atomic E-state index is 5.88. The van der Waals surface area contributed by atoms with Crippen LogP contribution < -0.4 is 10.6 Å². The Labute approximate surface area is 131 Å². The van der Waals surface area contributed by atoms with E-state index in [0.29, 0.717) is 0 Å². The zero-order chi connectivity index (χ0) is 14.7. The summed E-state index contributed by atoms with van der Waals surface area (Å²) in [7, 11) is 4.36. The Morgan fingerprint density at radius 3 is 2.50 bits per heavy atom. The fraction of sp³-hybridized carbons (Fsp3) is 0.625. The van der Waals surface area contributed by atoms with E-state index >= 15 is 0 Å². The fourth-order valence-corrected chi connectivity index (χ4v) is 3.41. The zero-order valence-electron chi connectivity index (χ0n) is 12.8. The van der Waals surface area contributed by atoms with E-state index in [9.17, 15) is 0 Å². The molecule has 112 valence electrons. The van der Waals surface area contributed by atoms with Gasteiger partial charge in [-0.3, -0.25) is 0 Å². The zero-order valence-corrected chi connectivity index (χ0v) is 14.4. The van der Waals surface area contributed by atoms with Crippen molar-refractivity contribution in [3.8, 4) is 0 Å². The minimum absolute atomic E-state index is 0.202. The number of piperidine rings is 1. The van der Waals surface area contributed by atoms with Gasteiger partial charge in [0.05, 0.1) is 0 Å². The molecule has 2 N–H and O–H groups in total. The smallest absolute Gasteiger partial charge is 0.0377 e. The van der Waals surface area contributed by atoms with Gasteiger partial charge < -0.3 is 15.5 Å². The largest absolute Gasteiger partial charge is 0.371 e. The molecule has 0 aromatic heterocycles. The van der Waals surface area contributed by atoms with Crippen molar-refractivity contribution >= 4 is 21.6 Å². The topological polar surface area (TPSA) is 32.5 Å². The number of hydrogen-bond acceptors (Lipinski definition) is 3. The highest BCUT2D eigenvalue weighted by Crippen LogP contribution is 2.27. The van der Waals surface area contributed by atoms with Crippen LogP contribution in [0.3, 0.4) is 0 Å². The van der Waals surface area contributed by atoms with Crippen LogP contribution in [0, 0.1) is 0 Å². The molecule has 0 spiro atoms. The lowest BCUT2D eigenvalue weighted by atomic mass is 10.0. The summed E-state index contributed by atoms with van der Waals surface area (Å²) < 4.78 is 1.18. The minimum Gasteiger partial charge on any atom is -0.371 e. The van der Waals surface area contributed by atoms with E-state index in [1.165, 1.54) is 28.6 Å². The van der Waals surface area contributed by atoms with Gasteiger partial charge in [-0.15, -0.1) is 0 Å². The molecule has 2 rings (SSSR count). The van der Waals surface area contributed by atoms with Crippen molar-refractivity contribution < 1.29 is 0 Å².